The molecule has 4 nitrogen and oxygen atoms in total. The van der Waals surface area contributed by atoms with Crippen molar-refractivity contribution in [3.05, 3.63) is 34.9 Å². The third kappa shape index (κ3) is 3.67. The van der Waals surface area contributed by atoms with Gasteiger partial charge in [0, 0.05) is 0 Å². The quantitative estimate of drug-likeness (QED) is 0.896. The van der Waals surface area contributed by atoms with Gasteiger partial charge in [-0.2, -0.15) is 0 Å². The van der Waals surface area contributed by atoms with Crippen molar-refractivity contribution < 1.29 is 14.7 Å². The van der Waals surface area contributed by atoms with E-state index in [9.17, 15) is 14.7 Å². The lowest BCUT2D eigenvalue weighted by molar-refractivity contribution is -0.149. The molecule has 120 valence electrons. The number of carboxylic acids is 1. The molecule has 0 unspecified atom stereocenters. The van der Waals surface area contributed by atoms with Gasteiger partial charge < -0.3 is 10.4 Å². The highest BCUT2D eigenvalue weighted by Gasteiger charge is 2.36. The first kappa shape index (κ1) is 16.5. The minimum atomic E-state index is -0.848. The molecular weight excluding hydrogens is 278 g/mol. The Morgan fingerprint density at radius 2 is 1.82 bits per heavy atom. The van der Waals surface area contributed by atoms with Crippen molar-refractivity contribution >= 4 is 11.9 Å². The molecule has 0 saturated heterocycles. The van der Waals surface area contributed by atoms with Crippen LogP contribution in [0.2, 0.25) is 0 Å². The molecule has 4 heteroatoms. The van der Waals surface area contributed by atoms with E-state index in [0.29, 0.717) is 12.8 Å². The molecule has 0 bridgehead atoms. The number of carbonyl (C=O) groups excluding carboxylic acids is 1. The number of hydrogen-bond acceptors (Lipinski definition) is 2. The third-order valence-corrected chi connectivity index (χ3v) is 4.67. The van der Waals surface area contributed by atoms with Gasteiger partial charge in [-0.3, -0.25) is 9.59 Å². The number of nitrogens with one attached hydrogen (secondary N) is 1. The van der Waals surface area contributed by atoms with Crippen LogP contribution >= 0.6 is 0 Å². The zero-order valence-electron chi connectivity index (χ0n) is 13.6. The van der Waals surface area contributed by atoms with Gasteiger partial charge in [-0.05, 0) is 44.7 Å². The lowest BCUT2D eigenvalue weighted by Crippen LogP contribution is -2.40. The molecule has 1 saturated carbocycles. The van der Waals surface area contributed by atoms with E-state index in [1.165, 1.54) is 5.56 Å². The molecule has 0 radical (unpaired) electrons. The summed E-state index contributed by atoms with van der Waals surface area (Å²) in [6.07, 6.45) is 3.10. The molecule has 3 atom stereocenters. The number of amides is 1. The summed E-state index contributed by atoms with van der Waals surface area (Å²) in [6, 6.07) is 6.06. The van der Waals surface area contributed by atoms with Gasteiger partial charge in [-0.1, -0.05) is 36.6 Å². The van der Waals surface area contributed by atoms with Crippen molar-refractivity contribution in [2.45, 2.75) is 52.5 Å². The molecule has 1 amide bonds. The maximum atomic E-state index is 12.5. The summed E-state index contributed by atoms with van der Waals surface area (Å²) in [5.74, 6) is -1.92. The highest BCUT2D eigenvalue weighted by molar-refractivity contribution is 5.85. The molecule has 22 heavy (non-hydrogen) atoms. The number of benzene rings is 1. The molecule has 1 fully saturated rings. The molecule has 0 aromatic heterocycles. The van der Waals surface area contributed by atoms with Crippen LogP contribution in [0.3, 0.4) is 0 Å². The van der Waals surface area contributed by atoms with Gasteiger partial charge in [-0.15, -0.1) is 0 Å². The fourth-order valence-corrected chi connectivity index (χ4v) is 3.45. The molecule has 1 aliphatic carbocycles. The normalized spacial score (nSPS) is 22.9. The molecule has 1 aromatic rings. The van der Waals surface area contributed by atoms with Crippen molar-refractivity contribution in [2.75, 3.05) is 0 Å². The van der Waals surface area contributed by atoms with Crippen molar-refractivity contribution in [3.8, 4) is 0 Å². The smallest absolute Gasteiger partial charge is 0.307 e. The van der Waals surface area contributed by atoms with Crippen molar-refractivity contribution in [3.63, 3.8) is 0 Å². The van der Waals surface area contributed by atoms with Crippen LogP contribution in [0.1, 0.15) is 55.3 Å². The average Bonchev–Trinajstić information content (AvgIpc) is 2.46. The second-order valence-electron chi connectivity index (χ2n) is 6.43. The Balaban J connectivity index is 2.08. The van der Waals surface area contributed by atoms with Gasteiger partial charge in [0.15, 0.2) is 0 Å². The number of rotatable bonds is 4. The Morgan fingerprint density at radius 3 is 2.41 bits per heavy atom. The van der Waals surface area contributed by atoms with Gasteiger partial charge in [0.05, 0.1) is 17.9 Å². The Labute approximate surface area is 131 Å². The first-order valence-electron chi connectivity index (χ1n) is 8.00. The second-order valence-corrected chi connectivity index (χ2v) is 6.43. The number of aryl methyl sites for hydroxylation is 2. The Morgan fingerprint density at radius 1 is 1.18 bits per heavy atom. The maximum Gasteiger partial charge on any atom is 0.307 e. The standard InChI is InChI=1S/C18H25NO3/c1-11-8-9-14(12(2)10-11)13(3)19-17(20)15-6-4-5-7-16(15)18(21)22/h8-10,13,15-16H,4-7H2,1-3H3,(H,19,20)(H,21,22)/t13-,15-,16+/m1/s1. The highest BCUT2D eigenvalue weighted by Crippen LogP contribution is 2.31. The van der Waals surface area contributed by atoms with Crippen LogP contribution in [0.25, 0.3) is 0 Å². The lowest BCUT2D eigenvalue weighted by atomic mass is 9.78. The van der Waals surface area contributed by atoms with Gasteiger partial charge in [0.2, 0.25) is 5.91 Å². The summed E-state index contributed by atoms with van der Waals surface area (Å²) in [4.78, 5) is 23.8. The van der Waals surface area contributed by atoms with E-state index in [1.54, 1.807) is 0 Å². The van der Waals surface area contributed by atoms with Crippen LogP contribution in [0, 0.1) is 25.7 Å². The van der Waals surface area contributed by atoms with E-state index in [2.05, 4.69) is 11.4 Å². The summed E-state index contributed by atoms with van der Waals surface area (Å²) >= 11 is 0. The predicted molar refractivity (Wildman–Crippen MR) is 85.6 cm³/mol. The van der Waals surface area contributed by atoms with Gasteiger partial charge in [0.1, 0.15) is 0 Å². The monoisotopic (exact) mass is 303 g/mol. The topological polar surface area (TPSA) is 66.4 Å². The zero-order valence-corrected chi connectivity index (χ0v) is 13.6. The highest BCUT2D eigenvalue weighted by atomic mass is 16.4. The molecule has 1 aromatic carbocycles. The Bertz CT molecular complexity index is 567. The summed E-state index contributed by atoms with van der Waals surface area (Å²) in [5.41, 5.74) is 3.42. The van der Waals surface area contributed by atoms with E-state index in [-0.39, 0.29) is 11.9 Å². The summed E-state index contributed by atoms with van der Waals surface area (Å²) in [7, 11) is 0. The molecule has 0 heterocycles. The number of carbonyl (C=O) groups is 2. The fraction of sp³-hybridized carbons (Fsp3) is 0.556. The fourth-order valence-electron chi connectivity index (χ4n) is 3.45. The van der Waals surface area contributed by atoms with Crippen molar-refractivity contribution in [2.24, 2.45) is 11.8 Å². The van der Waals surface area contributed by atoms with Crippen LogP contribution in [-0.2, 0) is 9.59 Å². The van der Waals surface area contributed by atoms with E-state index in [0.717, 1.165) is 24.0 Å². The van der Waals surface area contributed by atoms with Crippen LogP contribution in [0.15, 0.2) is 18.2 Å². The first-order valence-corrected chi connectivity index (χ1v) is 8.00. The van der Waals surface area contributed by atoms with Crippen LogP contribution in [-0.4, -0.2) is 17.0 Å². The first-order chi connectivity index (χ1) is 10.4. The second kappa shape index (κ2) is 6.95. The molecule has 0 spiro atoms. The number of aliphatic carboxylic acids is 1. The van der Waals surface area contributed by atoms with Gasteiger partial charge >= 0.3 is 5.97 Å². The largest absolute Gasteiger partial charge is 0.481 e. The van der Waals surface area contributed by atoms with Crippen LogP contribution < -0.4 is 5.32 Å². The minimum absolute atomic E-state index is 0.107. The van der Waals surface area contributed by atoms with Gasteiger partial charge in [-0.25, -0.2) is 0 Å². The van der Waals surface area contributed by atoms with E-state index < -0.39 is 17.8 Å². The maximum absolute atomic E-state index is 12.5. The molecular formula is C18H25NO3. The Hall–Kier alpha value is -1.84. The number of carboxylic acid groups (broad SMARTS) is 1. The van der Waals surface area contributed by atoms with E-state index in [1.807, 2.05) is 32.9 Å². The Kier molecular flexibility index (Phi) is 5.22. The van der Waals surface area contributed by atoms with Crippen molar-refractivity contribution in [1.29, 1.82) is 0 Å². The van der Waals surface area contributed by atoms with Gasteiger partial charge in [0.25, 0.3) is 0 Å². The molecule has 1 aliphatic rings. The average molecular weight is 303 g/mol. The summed E-state index contributed by atoms with van der Waals surface area (Å²) in [5, 5.41) is 12.3. The van der Waals surface area contributed by atoms with Crippen LogP contribution in [0.5, 0.6) is 0 Å². The molecule has 2 N–H and O–H groups in total. The summed E-state index contributed by atoms with van der Waals surface area (Å²) < 4.78 is 0. The molecule has 0 aliphatic heterocycles. The third-order valence-electron chi connectivity index (χ3n) is 4.67. The SMILES string of the molecule is Cc1ccc([C@@H](C)NC(=O)[C@@H]2CCCC[C@@H]2C(=O)O)c(C)c1. The predicted octanol–water partition coefficient (Wildman–Crippen LogP) is 3.37. The van der Waals surface area contributed by atoms with Crippen molar-refractivity contribution in [1.82, 2.24) is 5.32 Å². The lowest BCUT2D eigenvalue weighted by Gasteiger charge is -2.29. The number of hydrogen-bond donors (Lipinski definition) is 2. The van der Waals surface area contributed by atoms with Crippen LogP contribution in [0.4, 0.5) is 0 Å². The molecule has 2 rings (SSSR count). The van der Waals surface area contributed by atoms with E-state index >= 15 is 0 Å². The summed E-state index contributed by atoms with van der Waals surface area (Å²) in [6.45, 7) is 6.03. The minimum Gasteiger partial charge on any atom is -0.481 e. The van der Waals surface area contributed by atoms with E-state index in [4.69, 9.17) is 0 Å². The zero-order chi connectivity index (χ0) is 16.3.